The molecule has 0 saturated carbocycles. The molecule has 0 bridgehead atoms. The van der Waals surface area contributed by atoms with E-state index < -0.39 is 168 Å². The quantitative estimate of drug-likeness (QED) is 0.0443. The average molecular weight is 987 g/mol. The molecule has 28 nitrogen and oxygen atoms in total. The molecule has 72 heavy (non-hydrogen) atoms. The van der Waals surface area contributed by atoms with Crippen LogP contribution in [0, 0.1) is 31.8 Å². The number of azo groups is 2. The van der Waals surface area contributed by atoms with Gasteiger partial charge in [-0.1, -0.05) is 6.58 Å². The van der Waals surface area contributed by atoms with Crippen LogP contribution in [-0.4, -0.2) is 104 Å². The monoisotopic (exact) mass is 986 g/mol. The van der Waals surface area contributed by atoms with E-state index in [-0.39, 0.29) is 15.7 Å². The smallest absolute Gasteiger partial charge is 0.337 e. The molecule has 0 aliphatic heterocycles. The van der Waals surface area contributed by atoms with E-state index >= 15 is 0 Å². The van der Waals surface area contributed by atoms with Crippen molar-refractivity contribution >= 4 is 81.9 Å². The van der Waals surface area contributed by atoms with Crippen molar-refractivity contribution in [3.63, 3.8) is 0 Å². The van der Waals surface area contributed by atoms with E-state index in [0.29, 0.717) is 16.7 Å². The molecule has 5 rings (SSSR count). The lowest BCUT2D eigenvalue weighted by Crippen LogP contribution is -2.34. The maximum absolute atomic E-state index is 13.8. The summed E-state index contributed by atoms with van der Waals surface area (Å²) < 4.78 is 0.718. The van der Waals surface area contributed by atoms with E-state index in [1.807, 2.05) is 5.32 Å². The first-order chi connectivity index (χ1) is 33.9. The Hall–Kier alpha value is -11.2. The van der Waals surface area contributed by atoms with E-state index in [2.05, 4.69) is 37.2 Å². The molecule has 0 unspecified atom stereocenters. The summed E-state index contributed by atoms with van der Waals surface area (Å²) in [6, 6.07) is 7.95. The van der Waals surface area contributed by atoms with Crippen molar-refractivity contribution in [2.45, 2.75) is 20.4 Å². The Morgan fingerprint density at radius 1 is 0.639 bits per heavy atom. The summed E-state index contributed by atoms with van der Waals surface area (Å²) in [5.41, 5.74) is -12.6. The van der Waals surface area contributed by atoms with Gasteiger partial charge in [0, 0.05) is 18.7 Å². The van der Waals surface area contributed by atoms with Gasteiger partial charge in [0.1, 0.15) is 34.5 Å². The number of nitrogens with one attached hydrogen (secondary N) is 2. The lowest BCUT2D eigenvalue weighted by molar-refractivity contribution is 0.0676. The number of aromatic hydroxyl groups is 2. The summed E-state index contributed by atoms with van der Waals surface area (Å²) in [5.74, 6) is -15.8. The van der Waals surface area contributed by atoms with Crippen LogP contribution in [0.15, 0.2) is 85.2 Å². The summed E-state index contributed by atoms with van der Waals surface area (Å²) in [6.07, 6.45) is 0. The van der Waals surface area contributed by atoms with E-state index in [0.717, 1.165) is 43.3 Å². The van der Waals surface area contributed by atoms with Gasteiger partial charge >= 0.3 is 35.8 Å². The molecular formula is C44H30N10O18. The molecule has 5 aromatic rings. The van der Waals surface area contributed by atoms with Gasteiger partial charge in [0.05, 0.1) is 51.1 Å². The second kappa shape index (κ2) is 20.8. The predicted octanol–water partition coefficient (Wildman–Crippen LogP) is 4.77. The van der Waals surface area contributed by atoms with Gasteiger partial charge in [0.15, 0.2) is 5.69 Å². The Bertz CT molecular complexity index is 3580. The van der Waals surface area contributed by atoms with Crippen molar-refractivity contribution < 1.29 is 79.2 Å². The molecule has 28 heteroatoms. The largest absolute Gasteiger partial charge is 0.493 e. The molecule has 0 aliphatic rings. The molecule has 0 saturated heterocycles. The highest BCUT2D eigenvalue weighted by Gasteiger charge is 2.29. The fourth-order valence-corrected chi connectivity index (χ4v) is 6.54. The van der Waals surface area contributed by atoms with Crippen LogP contribution < -0.4 is 21.8 Å². The first-order valence-electron chi connectivity index (χ1n) is 19.6. The number of carbonyl (C=O) groups is 8. The number of pyridine rings is 2. The zero-order chi connectivity index (χ0) is 53.6. The van der Waals surface area contributed by atoms with Crippen molar-refractivity contribution in [2.24, 2.45) is 20.5 Å². The Morgan fingerprint density at radius 2 is 1.10 bits per heavy atom. The van der Waals surface area contributed by atoms with Gasteiger partial charge in [-0.25, -0.2) is 38.2 Å². The lowest BCUT2D eigenvalue weighted by atomic mass is 9.97. The van der Waals surface area contributed by atoms with E-state index in [1.54, 1.807) is 6.07 Å². The van der Waals surface area contributed by atoms with Gasteiger partial charge in [0.2, 0.25) is 11.8 Å². The number of aromatic nitrogens is 2. The summed E-state index contributed by atoms with van der Waals surface area (Å²) in [5, 5.41) is 109. The van der Waals surface area contributed by atoms with Gasteiger partial charge in [-0.05, 0) is 67.9 Å². The molecule has 364 valence electrons. The van der Waals surface area contributed by atoms with Crippen LogP contribution in [0.4, 0.5) is 28.4 Å². The number of hydrogen-bond donors (Lipinski definition) is 10. The van der Waals surface area contributed by atoms with Crippen LogP contribution in [-0.2, 0) is 6.54 Å². The molecule has 2 amide bonds. The highest BCUT2D eigenvalue weighted by molar-refractivity contribution is 6.12. The highest BCUT2D eigenvalue weighted by atomic mass is 16.4. The highest BCUT2D eigenvalue weighted by Crippen LogP contribution is 2.37. The molecule has 2 heterocycles. The number of carbonyl (C=O) groups excluding carboxylic acids is 2. The number of hydrogen-bond acceptors (Lipinski definition) is 17. The maximum Gasteiger partial charge on any atom is 0.337 e. The second-order valence-corrected chi connectivity index (χ2v) is 14.4. The summed E-state index contributed by atoms with van der Waals surface area (Å²) >= 11 is 0. The average Bonchev–Trinajstić information content (AvgIpc) is 3.31. The topological polar surface area (TPSA) is 444 Å². The third kappa shape index (κ3) is 10.2. The number of benzene rings is 3. The zero-order valence-corrected chi connectivity index (χ0v) is 36.5. The van der Waals surface area contributed by atoms with Crippen LogP contribution >= 0.6 is 0 Å². The molecule has 0 radical (unpaired) electrons. The van der Waals surface area contributed by atoms with Gasteiger partial charge < -0.3 is 51.5 Å². The third-order valence-corrected chi connectivity index (χ3v) is 10.1. The zero-order valence-electron chi connectivity index (χ0n) is 36.5. The lowest BCUT2D eigenvalue weighted by Gasteiger charge is -2.17. The van der Waals surface area contributed by atoms with Crippen LogP contribution in [0.3, 0.4) is 0 Å². The number of nitriles is 1. The molecule has 10 N–H and O–H groups in total. The number of aromatic carboxylic acids is 6. The molecule has 0 atom stereocenters. The number of carboxylic acid groups (broad SMARTS) is 6. The molecular weight excluding hydrogens is 957 g/mol. The van der Waals surface area contributed by atoms with Crippen molar-refractivity contribution in [3.05, 3.63) is 148 Å². The van der Waals surface area contributed by atoms with Gasteiger partial charge in [-0.3, -0.25) is 23.7 Å². The van der Waals surface area contributed by atoms with Crippen LogP contribution in [0.5, 0.6) is 11.8 Å². The van der Waals surface area contributed by atoms with Crippen molar-refractivity contribution in [1.82, 2.24) is 19.8 Å². The Labute approximate surface area is 399 Å². The molecule has 0 spiro atoms. The fraction of sp³-hybridized carbons (Fsp3) is 0.0909. The normalized spacial score (nSPS) is 10.8. The van der Waals surface area contributed by atoms with Crippen LogP contribution in [0.2, 0.25) is 0 Å². The van der Waals surface area contributed by atoms with Gasteiger partial charge in [0.25, 0.3) is 28.6 Å². The first kappa shape index (κ1) is 51.8. The fourth-order valence-electron chi connectivity index (χ4n) is 6.54. The maximum atomic E-state index is 13.8. The Kier molecular flexibility index (Phi) is 15.0. The predicted molar refractivity (Wildman–Crippen MR) is 240 cm³/mol. The number of amides is 2. The minimum atomic E-state index is -1.93. The summed E-state index contributed by atoms with van der Waals surface area (Å²) in [4.78, 5) is 129. The van der Waals surface area contributed by atoms with Crippen LogP contribution in [0.1, 0.15) is 99.6 Å². The number of carboxylic acids is 6. The van der Waals surface area contributed by atoms with Crippen molar-refractivity contribution in [3.8, 4) is 17.8 Å². The third-order valence-electron chi connectivity index (χ3n) is 10.1. The van der Waals surface area contributed by atoms with Gasteiger partial charge in [-0.2, -0.15) is 5.26 Å². The van der Waals surface area contributed by atoms with E-state index in [4.69, 9.17) is 6.57 Å². The minimum absolute atomic E-state index is 0.204. The van der Waals surface area contributed by atoms with E-state index in [9.17, 15) is 94.1 Å². The standard InChI is InChI=1S/C44H30N10O18/c1-16-27(15-45)35(57)53(36(58)31(16)51-49-28-11-19(39(61)62)5-7-21(28)41(65)66)10-9-47-33(55)23-13-24(26(44(71)72)14-25(23)43(69)70)34(56)48-18(3)54-37(59)30(46-4)17(2)32(38(54)60)52-50-29-12-20(40(63)64)6-8-22(29)42(67)68/h5-8,11-14,58,60H,3,9-10H2,1-2H3,(H,47,55)(H,48,56)(H,61,62)(H,63,64)(H,65,66)(H,67,68)(H,69,70)(H,71,72). The molecule has 0 aliphatic carbocycles. The molecule has 2 aromatic heterocycles. The number of nitrogens with zero attached hydrogens (tertiary/aromatic N) is 8. The van der Waals surface area contributed by atoms with Crippen molar-refractivity contribution in [2.75, 3.05) is 6.54 Å². The Morgan fingerprint density at radius 3 is 1.54 bits per heavy atom. The first-order valence-corrected chi connectivity index (χ1v) is 19.6. The second-order valence-electron chi connectivity index (χ2n) is 14.4. The van der Waals surface area contributed by atoms with E-state index in [1.165, 1.54) is 6.92 Å². The SMILES string of the molecule is [C-]#[N+]c1c(C)c(N=Nc2cc(C(=O)O)ccc2C(=O)O)c(O)n(C(=C)NC(=O)c2cc(C(=O)NCCn3c(O)c(N=Nc4cc(C(=O)O)ccc4C(=O)O)c(C)c(C#N)c3=O)c(C(=O)O)cc2C(=O)O)c1=O. The summed E-state index contributed by atoms with van der Waals surface area (Å²) in [6.45, 7) is 11.9. The number of rotatable bonds is 17. The van der Waals surface area contributed by atoms with Crippen LogP contribution in [0.25, 0.3) is 10.7 Å². The Balaban J connectivity index is 1.50. The van der Waals surface area contributed by atoms with Crippen molar-refractivity contribution in [1.29, 1.82) is 5.26 Å². The molecule has 3 aromatic carbocycles. The summed E-state index contributed by atoms with van der Waals surface area (Å²) in [7, 11) is 0. The minimum Gasteiger partial charge on any atom is -0.493 e. The van der Waals surface area contributed by atoms with Gasteiger partial charge in [-0.15, -0.1) is 20.5 Å². The molecule has 0 fully saturated rings.